The predicted octanol–water partition coefficient (Wildman–Crippen LogP) is 4.21. The molecule has 160 valence electrons. The van der Waals surface area contributed by atoms with E-state index in [0.29, 0.717) is 38.0 Å². The summed E-state index contributed by atoms with van der Waals surface area (Å²) in [6.07, 6.45) is -2.30. The molecule has 2 heterocycles. The molecule has 0 unspecified atom stereocenters. The van der Waals surface area contributed by atoms with Gasteiger partial charge in [0.1, 0.15) is 0 Å². The maximum Gasteiger partial charge on any atom is 0.416 e. The Morgan fingerprint density at radius 1 is 1.03 bits per heavy atom. The highest BCUT2D eigenvalue weighted by molar-refractivity contribution is 5.84. The van der Waals surface area contributed by atoms with Gasteiger partial charge in [0.25, 0.3) is 0 Å². The average molecular weight is 418 g/mol. The summed E-state index contributed by atoms with van der Waals surface area (Å²) in [6.45, 7) is 1.55. The molecule has 1 aliphatic heterocycles. The molecule has 0 saturated carbocycles. The largest absolute Gasteiger partial charge is 0.416 e. The number of piperidine rings is 1. The Labute approximate surface area is 173 Å². The number of nitrogens with zero attached hydrogens (tertiary/aromatic N) is 2. The second-order valence-electron chi connectivity index (χ2n) is 8.14. The Hall–Kier alpha value is -2.35. The normalized spacial score (nSPS) is 18.6. The van der Waals surface area contributed by atoms with Crippen molar-refractivity contribution in [1.29, 1.82) is 0 Å². The van der Waals surface area contributed by atoms with E-state index < -0.39 is 23.4 Å². The van der Waals surface area contributed by atoms with Gasteiger partial charge in [0.15, 0.2) is 0 Å². The molecule has 0 radical (unpaired) electrons. The summed E-state index contributed by atoms with van der Waals surface area (Å²) < 4.78 is 40.3. The van der Waals surface area contributed by atoms with Crippen LogP contribution in [-0.4, -0.2) is 39.3 Å². The minimum Gasteiger partial charge on any atom is -0.387 e. The molecule has 0 spiro atoms. The fraction of sp³-hybridized carbons (Fsp3) is 0.391. The number of halogens is 3. The summed E-state index contributed by atoms with van der Waals surface area (Å²) in [5, 5.41) is 22.8. The van der Waals surface area contributed by atoms with E-state index in [1.54, 1.807) is 0 Å². The molecule has 1 aliphatic rings. The first-order chi connectivity index (χ1) is 14.2. The van der Waals surface area contributed by atoms with E-state index in [0.717, 1.165) is 28.6 Å². The maximum absolute atomic E-state index is 12.8. The van der Waals surface area contributed by atoms with Crippen LogP contribution in [0.5, 0.6) is 0 Å². The van der Waals surface area contributed by atoms with Gasteiger partial charge in [-0.05, 0) is 36.6 Å². The predicted molar refractivity (Wildman–Crippen MR) is 109 cm³/mol. The number of likely N-dealkylation sites (tertiary alicyclic amines) is 1. The van der Waals surface area contributed by atoms with E-state index in [2.05, 4.69) is 4.90 Å². The molecule has 1 fully saturated rings. The second kappa shape index (κ2) is 7.72. The molecule has 4 rings (SSSR count). The molecule has 2 aromatic carbocycles. The topological polar surface area (TPSA) is 48.6 Å². The van der Waals surface area contributed by atoms with Crippen LogP contribution in [0.15, 0.2) is 54.7 Å². The van der Waals surface area contributed by atoms with Gasteiger partial charge >= 0.3 is 6.18 Å². The number of para-hydroxylation sites is 1. The number of benzene rings is 2. The molecule has 1 aromatic heterocycles. The van der Waals surface area contributed by atoms with Gasteiger partial charge < -0.3 is 19.7 Å². The van der Waals surface area contributed by atoms with E-state index in [1.807, 2.05) is 42.1 Å². The lowest BCUT2D eigenvalue weighted by atomic mass is 9.84. The minimum atomic E-state index is -4.39. The Balaban J connectivity index is 1.41. The molecule has 3 aromatic rings. The van der Waals surface area contributed by atoms with Crippen molar-refractivity contribution >= 4 is 10.9 Å². The summed E-state index contributed by atoms with van der Waals surface area (Å²) in [5.41, 5.74) is 0.569. The quantitative estimate of drug-likeness (QED) is 0.667. The Bertz CT molecular complexity index is 1020. The van der Waals surface area contributed by atoms with Gasteiger partial charge in [0.05, 0.1) is 17.3 Å². The molecule has 7 heteroatoms. The lowest BCUT2D eigenvalue weighted by molar-refractivity contribution is -0.137. The summed E-state index contributed by atoms with van der Waals surface area (Å²) in [4.78, 5) is 2.09. The van der Waals surface area contributed by atoms with Gasteiger partial charge in [-0.15, -0.1) is 0 Å². The van der Waals surface area contributed by atoms with Crippen molar-refractivity contribution in [2.45, 2.75) is 30.7 Å². The van der Waals surface area contributed by atoms with Crippen molar-refractivity contribution < 1.29 is 23.4 Å². The molecular weight excluding hydrogens is 393 g/mol. The van der Waals surface area contributed by atoms with Gasteiger partial charge in [0, 0.05) is 49.3 Å². The summed E-state index contributed by atoms with van der Waals surface area (Å²) in [7, 11) is 1.95. The van der Waals surface area contributed by atoms with Crippen LogP contribution in [0.25, 0.3) is 10.9 Å². The molecule has 0 amide bonds. The third-order valence-corrected chi connectivity index (χ3v) is 6.15. The molecule has 0 aliphatic carbocycles. The minimum absolute atomic E-state index is 0.403. The molecule has 1 saturated heterocycles. The fourth-order valence-electron chi connectivity index (χ4n) is 4.35. The lowest BCUT2D eigenvalue weighted by Gasteiger charge is -2.39. The van der Waals surface area contributed by atoms with E-state index >= 15 is 0 Å². The zero-order chi connectivity index (χ0) is 21.5. The Morgan fingerprint density at radius 2 is 1.67 bits per heavy atom. The highest BCUT2D eigenvalue weighted by atomic mass is 19.4. The van der Waals surface area contributed by atoms with Crippen LogP contribution in [0.3, 0.4) is 0 Å². The smallest absolute Gasteiger partial charge is 0.387 e. The van der Waals surface area contributed by atoms with Crippen LogP contribution in [0.2, 0.25) is 0 Å². The summed E-state index contributed by atoms with van der Waals surface area (Å²) in [5.74, 6) is 0. The number of aliphatic hydroxyl groups is 2. The molecule has 1 atom stereocenters. The number of aliphatic hydroxyl groups excluding tert-OH is 1. The first-order valence-electron chi connectivity index (χ1n) is 10.0. The van der Waals surface area contributed by atoms with E-state index in [9.17, 15) is 23.4 Å². The highest BCUT2D eigenvalue weighted by Gasteiger charge is 2.36. The van der Waals surface area contributed by atoms with Gasteiger partial charge in [-0.3, -0.25) is 0 Å². The lowest BCUT2D eigenvalue weighted by Crippen LogP contribution is -2.44. The van der Waals surface area contributed by atoms with Crippen LogP contribution in [0, 0.1) is 0 Å². The zero-order valence-electron chi connectivity index (χ0n) is 16.7. The van der Waals surface area contributed by atoms with Crippen LogP contribution >= 0.6 is 0 Å². The van der Waals surface area contributed by atoms with Crippen LogP contribution < -0.4 is 0 Å². The van der Waals surface area contributed by atoms with E-state index in [-0.39, 0.29) is 0 Å². The highest BCUT2D eigenvalue weighted by Crippen LogP contribution is 2.36. The van der Waals surface area contributed by atoms with Crippen LogP contribution in [0.4, 0.5) is 13.2 Å². The monoisotopic (exact) mass is 418 g/mol. The van der Waals surface area contributed by atoms with Crippen LogP contribution in [-0.2, 0) is 18.8 Å². The second-order valence-corrected chi connectivity index (χ2v) is 8.14. The number of hydrogen-bond donors (Lipinski definition) is 2. The third kappa shape index (κ3) is 3.97. The molecule has 2 N–H and O–H groups in total. The number of aromatic nitrogens is 1. The zero-order valence-corrected chi connectivity index (χ0v) is 16.7. The molecule has 0 bridgehead atoms. The van der Waals surface area contributed by atoms with Gasteiger partial charge in [-0.1, -0.05) is 30.3 Å². The molecule has 30 heavy (non-hydrogen) atoms. The van der Waals surface area contributed by atoms with Crippen molar-refractivity contribution in [1.82, 2.24) is 9.47 Å². The number of hydrogen-bond acceptors (Lipinski definition) is 3. The summed E-state index contributed by atoms with van der Waals surface area (Å²) >= 11 is 0. The molecule has 4 nitrogen and oxygen atoms in total. The maximum atomic E-state index is 12.8. The third-order valence-electron chi connectivity index (χ3n) is 6.15. The fourth-order valence-corrected chi connectivity index (χ4v) is 4.35. The number of rotatable bonds is 4. The molecular formula is C23H25F3N2O2. The Morgan fingerprint density at radius 3 is 2.30 bits per heavy atom. The van der Waals surface area contributed by atoms with Crippen molar-refractivity contribution in [3.8, 4) is 0 Å². The SMILES string of the molecule is Cn1cc([C@@H](O)CN2CCC(O)(c3ccc(C(F)(F)F)cc3)CC2)c2ccccc21. The summed E-state index contributed by atoms with van der Waals surface area (Å²) in [6, 6.07) is 12.7. The van der Waals surface area contributed by atoms with Crippen molar-refractivity contribution in [2.75, 3.05) is 19.6 Å². The van der Waals surface area contributed by atoms with Crippen molar-refractivity contribution in [3.63, 3.8) is 0 Å². The van der Waals surface area contributed by atoms with Crippen molar-refractivity contribution in [2.24, 2.45) is 7.05 Å². The number of alkyl halides is 3. The standard InChI is InChI=1S/C23H25F3N2O2/c1-27-14-19(18-4-2-3-5-20(18)27)21(29)15-28-12-10-22(30,11-13-28)16-6-8-17(9-7-16)23(24,25)26/h2-9,14,21,29-30H,10-13,15H2,1H3/t21-/m0/s1. The van der Waals surface area contributed by atoms with E-state index in [4.69, 9.17) is 0 Å². The first-order valence-corrected chi connectivity index (χ1v) is 10.0. The van der Waals surface area contributed by atoms with Gasteiger partial charge in [0.2, 0.25) is 0 Å². The number of aryl methyl sites for hydroxylation is 1. The number of β-amino-alcohol motifs (C(OH)–C–C–N with tert-alkyl or cyclic N) is 1. The van der Waals surface area contributed by atoms with Crippen LogP contribution in [0.1, 0.15) is 35.6 Å². The van der Waals surface area contributed by atoms with Gasteiger partial charge in [-0.25, -0.2) is 0 Å². The van der Waals surface area contributed by atoms with E-state index in [1.165, 1.54) is 12.1 Å². The van der Waals surface area contributed by atoms with Crippen molar-refractivity contribution in [3.05, 3.63) is 71.4 Å². The van der Waals surface area contributed by atoms with Gasteiger partial charge in [-0.2, -0.15) is 13.2 Å². The first kappa shape index (κ1) is 20.9. The average Bonchev–Trinajstić information content (AvgIpc) is 3.06. The number of fused-ring (bicyclic) bond motifs is 1. The Kier molecular flexibility index (Phi) is 5.38.